The molecule has 8 nitrogen and oxygen atoms in total. The van der Waals surface area contributed by atoms with Crippen LogP contribution in [0.25, 0.3) is 52.8 Å². The molecule has 0 radical (unpaired) electrons. The fraction of sp³-hybridized carbons (Fsp3) is 0.368. The summed E-state index contributed by atoms with van der Waals surface area (Å²) in [5, 5.41) is 0. The number of nitrogens with zero attached hydrogens (tertiary/aromatic N) is 2. The molecule has 7 aromatic rings. The van der Waals surface area contributed by atoms with Gasteiger partial charge in [0.25, 0.3) is 0 Å². The molecule has 0 aliphatic heterocycles. The molecule has 0 atom stereocenters. The Morgan fingerprint density at radius 1 is 0.603 bits per heavy atom. The lowest BCUT2D eigenvalue weighted by Gasteiger charge is -2.35. The minimum atomic E-state index is -0.533. The number of carbonyl (C=O) groups is 2. The summed E-state index contributed by atoms with van der Waals surface area (Å²) in [6.45, 7) is 13.6. The predicted molar refractivity (Wildman–Crippen MR) is 279 cm³/mol. The lowest BCUT2D eigenvalue weighted by atomic mass is 9.74. The van der Waals surface area contributed by atoms with E-state index in [1.165, 1.54) is 94.9 Å². The molecule has 3 heterocycles. The third kappa shape index (κ3) is 10.7. The molecule has 4 aromatic carbocycles. The Morgan fingerprint density at radius 3 is 1.69 bits per heavy atom. The molecule has 2 aliphatic carbocycles. The number of aryl methyl sites for hydroxylation is 4. The van der Waals surface area contributed by atoms with Crippen molar-refractivity contribution < 1.29 is 28.5 Å². The smallest absolute Gasteiger partial charge is 0.338 e. The zero-order valence-electron chi connectivity index (χ0n) is 39.8. The molecule has 2 saturated carbocycles. The fourth-order valence-electron chi connectivity index (χ4n) is 9.92. The molecule has 0 amide bonds. The molecule has 0 N–H and O–H groups in total. The van der Waals surface area contributed by atoms with Crippen molar-refractivity contribution in [2.24, 2.45) is 11.8 Å². The second-order valence-electron chi connectivity index (χ2n) is 18.8. The Kier molecular flexibility index (Phi) is 14.9. The number of ether oxygens (including phenoxy) is 4. The van der Waals surface area contributed by atoms with E-state index in [0.717, 1.165) is 74.3 Å². The second-order valence-corrected chi connectivity index (χ2v) is 21.5. The summed E-state index contributed by atoms with van der Waals surface area (Å²) in [6, 6.07) is 28.9. The molecule has 352 valence electrons. The predicted octanol–water partition coefficient (Wildman–Crippen LogP) is 16.1. The molecular formula is C57H60N2O6S3. The monoisotopic (exact) mass is 964 g/mol. The van der Waals surface area contributed by atoms with Crippen molar-refractivity contribution in [3.63, 3.8) is 0 Å². The Balaban J connectivity index is 1.15. The Morgan fingerprint density at radius 2 is 1.12 bits per heavy atom. The molecule has 68 heavy (non-hydrogen) atoms. The molecular weight excluding hydrogens is 905 g/mol. The molecule has 2 fully saturated rings. The minimum Gasteiger partial charge on any atom is -0.486 e. The summed E-state index contributed by atoms with van der Waals surface area (Å²) in [7, 11) is 0. The first-order valence-corrected chi connectivity index (χ1v) is 26.5. The summed E-state index contributed by atoms with van der Waals surface area (Å²) in [4.78, 5) is 29.3. The van der Waals surface area contributed by atoms with E-state index in [1.807, 2.05) is 0 Å². The van der Waals surface area contributed by atoms with Gasteiger partial charge in [-0.25, -0.2) is 9.59 Å². The summed E-state index contributed by atoms with van der Waals surface area (Å²) in [6.07, 6.45) is 13.7. The number of hydrogen-bond donors (Lipinski definition) is 0. The van der Waals surface area contributed by atoms with Gasteiger partial charge in [-0.05, 0) is 143 Å². The van der Waals surface area contributed by atoms with E-state index >= 15 is 0 Å². The van der Waals surface area contributed by atoms with Crippen LogP contribution in [-0.2, 0) is 14.3 Å². The van der Waals surface area contributed by atoms with Crippen molar-refractivity contribution in [2.45, 2.75) is 111 Å². The van der Waals surface area contributed by atoms with Crippen LogP contribution in [-0.4, -0.2) is 40.0 Å². The van der Waals surface area contributed by atoms with Crippen molar-refractivity contribution in [3.8, 4) is 59.0 Å². The average Bonchev–Trinajstić information content (AvgIpc) is 4.13. The number of thiophene rings is 2. The zero-order valence-corrected chi connectivity index (χ0v) is 42.2. The van der Waals surface area contributed by atoms with Gasteiger partial charge in [-0.3, -0.25) is 0 Å². The van der Waals surface area contributed by atoms with Gasteiger partial charge in [-0.1, -0.05) is 99.0 Å². The van der Waals surface area contributed by atoms with Crippen LogP contribution < -0.4 is 9.47 Å². The second kappa shape index (κ2) is 21.3. The van der Waals surface area contributed by atoms with Crippen molar-refractivity contribution in [3.05, 3.63) is 125 Å². The lowest BCUT2D eigenvalue weighted by Crippen LogP contribution is -2.28. The lowest BCUT2D eigenvalue weighted by molar-refractivity contribution is -0.140. The molecule has 11 heteroatoms. The highest BCUT2D eigenvalue weighted by Crippen LogP contribution is 2.56. The average molecular weight is 965 g/mol. The number of hydrogen-bond acceptors (Lipinski definition) is 11. The molecule has 0 saturated heterocycles. The topological polar surface area (TPSA) is 96.8 Å². The molecule has 0 spiro atoms. The van der Waals surface area contributed by atoms with Crippen LogP contribution in [0, 0.1) is 39.5 Å². The van der Waals surface area contributed by atoms with Crippen LogP contribution in [0.4, 0.5) is 0 Å². The van der Waals surface area contributed by atoms with Gasteiger partial charge in [0, 0.05) is 25.1 Å². The Bertz CT molecular complexity index is 2930. The SMILES string of the molecule is C=C(C)C(=O)OCCOC(=O)c1ccc(Oc2c(OC3CCC(C4CCCCCCC4)CC3)c(-c3ccc(-c4cc(C)ccc4C)s3)c3nsnc3c2-c2ccc(-c3cc(C)ccc3C)s2)cc1. The largest absolute Gasteiger partial charge is 0.486 e. The third-order valence-electron chi connectivity index (χ3n) is 13.7. The highest BCUT2D eigenvalue weighted by molar-refractivity contribution is 7.19. The van der Waals surface area contributed by atoms with Crippen molar-refractivity contribution in [1.29, 1.82) is 0 Å². The van der Waals surface area contributed by atoms with Gasteiger partial charge in [0.05, 0.1) is 34.5 Å². The number of rotatable bonds is 14. The van der Waals surface area contributed by atoms with E-state index in [2.05, 4.69) is 94.9 Å². The minimum absolute atomic E-state index is 0.0168. The quantitative estimate of drug-likeness (QED) is 0.0604. The highest BCUT2D eigenvalue weighted by atomic mass is 32.1. The standard InChI is InChI=1S/C57H60N2O6S3/c1-34(2)56(60)62-30-31-63-57(61)41-20-24-43(25-21-41)65-55-51(49-29-27-47(67-49)45-33-36(4)15-17-38(45)6)53-52(58-68-59-53)50(48-28-26-46(66-48)44-32-35(3)14-16-37(44)5)54(55)64-42-22-18-40(19-23-42)39-12-10-8-7-9-11-13-39/h14-17,20-21,24-29,32-33,39-40,42H,1,7-13,18-19,22-23,30-31H2,2-6H3. The van der Waals surface area contributed by atoms with Gasteiger partial charge < -0.3 is 18.9 Å². The highest BCUT2D eigenvalue weighted by Gasteiger charge is 2.34. The maximum absolute atomic E-state index is 13.1. The van der Waals surface area contributed by atoms with Gasteiger partial charge in [-0.2, -0.15) is 8.75 Å². The van der Waals surface area contributed by atoms with E-state index < -0.39 is 11.9 Å². The van der Waals surface area contributed by atoms with Crippen molar-refractivity contribution in [2.75, 3.05) is 13.2 Å². The molecule has 0 unspecified atom stereocenters. The van der Waals surface area contributed by atoms with Gasteiger partial charge >= 0.3 is 11.9 Å². The maximum atomic E-state index is 13.1. The van der Waals surface area contributed by atoms with E-state index in [-0.39, 0.29) is 24.9 Å². The maximum Gasteiger partial charge on any atom is 0.338 e. The van der Waals surface area contributed by atoms with Gasteiger partial charge in [-0.15, -0.1) is 22.7 Å². The van der Waals surface area contributed by atoms with Gasteiger partial charge in [0.15, 0.2) is 11.5 Å². The molecule has 3 aromatic heterocycles. The summed E-state index contributed by atoms with van der Waals surface area (Å²) in [5.74, 6) is 2.24. The summed E-state index contributed by atoms with van der Waals surface area (Å²) in [5.41, 5.74) is 11.1. The number of aromatic nitrogens is 2. The van der Waals surface area contributed by atoms with Gasteiger partial charge in [0.1, 0.15) is 30.0 Å². The zero-order chi connectivity index (χ0) is 47.3. The summed E-state index contributed by atoms with van der Waals surface area (Å²) >= 11 is 4.65. The van der Waals surface area contributed by atoms with Crippen molar-refractivity contribution >= 4 is 57.4 Å². The van der Waals surface area contributed by atoms with E-state index in [0.29, 0.717) is 22.8 Å². The number of esters is 2. The molecule has 0 bridgehead atoms. The van der Waals surface area contributed by atoms with Crippen LogP contribution in [0.3, 0.4) is 0 Å². The normalized spacial score (nSPS) is 16.8. The summed E-state index contributed by atoms with van der Waals surface area (Å²) < 4.78 is 35.4. The van der Waals surface area contributed by atoms with E-state index in [1.54, 1.807) is 53.9 Å². The molecule has 9 rings (SSSR count). The number of fused-ring (bicyclic) bond motifs is 1. The van der Waals surface area contributed by atoms with E-state index in [9.17, 15) is 9.59 Å². The first kappa shape index (κ1) is 47.4. The molecule has 2 aliphatic rings. The Labute approximate surface area is 412 Å². The number of carbonyl (C=O) groups excluding carboxylic acids is 2. The van der Waals surface area contributed by atoms with Crippen molar-refractivity contribution in [1.82, 2.24) is 8.75 Å². The van der Waals surface area contributed by atoms with Crippen LogP contribution in [0.1, 0.15) is 110 Å². The third-order valence-corrected chi connectivity index (χ3v) is 16.5. The first-order valence-electron chi connectivity index (χ1n) is 24.1. The van der Waals surface area contributed by atoms with Crippen LogP contribution in [0.2, 0.25) is 0 Å². The van der Waals surface area contributed by atoms with Gasteiger partial charge in [0.2, 0.25) is 0 Å². The fourth-order valence-corrected chi connectivity index (χ4v) is 12.7. The number of benzene rings is 4. The van der Waals surface area contributed by atoms with Crippen LogP contribution in [0.15, 0.2) is 97.1 Å². The van der Waals surface area contributed by atoms with Crippen LogP contribution in [0.5, 0.6) is 17.2 Å². The van der Waals surface area contributed by atoms with Crippen LogP contribution >= 0.6 is 34.4 Å². The first-order chi connectivity index (χ1) is 33.0. The van der Waals surface area contributed by atoms with E-state index in [4.69, 9.17) is 27.7 Å². The Hall–Kier alpha value is -5.62.